The monoisotopic (exact) mass is 539 g/mol. The molecule has 3 N–H and O–H groups in total. The summed E-state index contributed by atoms with van der Waals surface area (Å²) in [7, 11) is 0. The minimum absolute atomic E-state index is 0.0348. The molecule has 1 aliphatic heterocycles. The highest BCUT2D eigenvalue weighted by molar-refractivity contribution is 8.02. The SMILES string of the molecule is O=S([O-])Nc1ccc(C[C@H](Nc2ncc(-c3ccc(F)cc3F)o2)C2=CSC(c3ccccc3)N2)cc1. The van der Waals surface area contributed by atoms with Crippen LogP contribution >= 0.6 is 11.8 Å². The Morgan fingerprint density at radius 1 is 1.11 bits per heavy atom. The molecule has 2 unspecified atom stereocenters. The Morgan fingerprint density at radius 3 is 2.62 bits per heavy atom. The maximum atomic E-state index is 14.2. The third-order valence-corrected chi connectivity index (χ3v) is 7.16. The molecule has 1 aliphatic rings. The first-order valence-corrected chi connectivity index (χ1v) is 13.3. The van der Waals surface area contributed by atoms with Gasteiger partial charge in [0.15, 0.2) is 5.76 Å². The van der Waals surface area contributed by atoms with E-state index in [0.717, 1.165) is 29.0 Å². The summed E-state index contributed by atoms with van der Waals surface area (Å²) >= 11 is -0.764. The number of anilines is 2. The molecule has 7 nitrogen and oxygen atoms in total. The standard InChI is InChI=1S/C26H22F2N4O3S2/c27-18-8-11-20(21(28)13-18)24-14-29-26(35-24)31-22(12-16-6-9-19(10-7-16)32-37(33)34)23-15-36-25(30-23)17-4-2-1-3-5-17/h1-11,13-15,22,25,30,32H,12H2,(H,29,31)(H,33,34)/p-1/t22-,25?/m0/s1. The summed E-state index contributed by atoms with van der Waals surface area (Å²) in [5.41, 5.74) is 3.54. The zero-order valence-corrected chi connectivity index (χ0v) is 20.8. The third kappa shape index (κ3) is 6.19. The number of oxazole rings is 1. The van der Waals surface area contributed by atoms with E-state index in [4.69, 9.17) is 4.42 Å². The van der Waals surface area contributed by atoms with E-state index < -0.39 is 22.9 Å². The molecule has 0 aliphatic carbocycles. The Balaban J connectivity index is 1.37. The summed E-state index contributed by atoms with van der Waals surface area (Å²) in [5.74, 6) is -1.24. The minimum Gasteiger partial charge on any atom is -0.755 e. The first-order chi connectivity index (χ1) is 17.9. The van der Waals surface area contributed by atoms with Crippen LogP contribution in [-0.2, 0) is 17.7 Å². The molecule has 2 heterocycles. The fourth-order valence-electron chi connectivity index (χ4n) is 3.92. The number of hydrogen-bond acceptors (Lipinski definition) is 7. The summed E-state index contributed by atoms with van der Waals surface area (Å²) in [5, 5.41) is 8.88. The smallest absolute Gasteiger partial charge is 0.295 e. The Hall–Kier alpha value is -3.67. The molecule has 0 bridgehead atoms. The Kier molecular flexibility index (Phi) is 7.54. The maximum absolute atomic E-state index is 14.2. The van der Waals surface area contributed by atoms with Crippen LogP contribution in [0.5, 0.6) is 0 Å². The summed E-state index contributed by atoms with van der Waals surface area (Å²) < 4.78 is 57.4. The van der Waals surface area contributed by atoms with Gasteiger partial charge in [0.2, 0.25) is 0 Å². The Labute approximate surface area is 218 Å². The number of nitrogens with zero attached hydrogens (tertiary/aromatic N) is 1. The Bertz CT molecular complexity index is 1430. The van der Waals surface area contributed by atoms with Gasteiger partial charge in [0.25, 0.3) is 6.01 Å². The van der Waals surface area contributed by atoms with Crippen molar-refractivity contribution in [3.63, 3.8) is 0 Å². The van der Waals surface area contributed by atoms with E-state index in [0.29, 0.717) is 12.1 Å². The molecule has 0 saturated carbocycles. The highest BCUT2D eigenvalue weighted by Gasteiger charge is 2.26. The van der Waals surface area contributed by atoms with Crippen LogP contribution < -0.4 is 15.4 Å². The van der Waals surface area contributed by atoms with Gasteiger partial charge in [-0.05, 0) is 47.2 Å². The van der Waals surface area contributed by atoms with Gasteiger partial charge >= 0.3 is 0 Å². The second-order valence-corrected chi connectivity index (χ2v) is 9.89. The molecule has 1 aromatic heterocycles. The second-order valence-electron chi connectivity index (χ2n) is 8.23. The van der Waals surface area contributed by atoms with E-state index in [-0.39, 0.29) is 28.8 Å². The van der Waals surface area contributed by atoms with Gasteiger partial charge in [-0.1, -0.05) is 42.5 Å². The van der Waals surface area contributed by atoms with Crippen molar-refractivity contribution in [1.29, 1.82) is 0 Å². The molecule has 4 aromatic rings. The molecule has 3 atom stereocenters. The van der Waals surface area contributed by atoms with Gasteiger partial charge in [0, 0.05) is 28.7 Å². The van der Waals surface area contributed by atoms with E-state index in [1.54, 1.807) is 23.9 Å². The lowest BCUT2D eigenvalue weighted by atomic mass is 10.0. The number of nitrogens with one attached hydrogen (secondary N) is 3. The number of aromatic nitrogens is 1. The van der Waals surface area contributed by atoms with Crippen LogP contribution in [0.15, 0.2) is 94.5 Å². The van der Waals surface area contributed by atoms with Crippen molar-refractivity contribution in [2.45, 2.75) is 17.8 Å². The lowest BCUT2D eigenvalue weighted by molar-refractivity contribution is 0.542. The van der Waals surface area contributed by atoms with Crippen LogP contribution in [-0.4, -0.2) is 19.8 Å². The quantitative estimate of drug-likeness (QED) is 0.234. The van der Waals surface area contributed by atoms with Gasteiger partial charge in [-0.15, -0.1) is 11.8 Å². The van der Waals surface area contributed by atoms with Crippen molar-refractivity contribution in [2.24, 2.45) is 0 Å². The van der Waals surface area contributed by atoms with Crippen LogP contribution in [0.25, 0.3) is 11.3 Å². The highest BCUT2D eigenvalue weighted by Crippen LogP contribution is 2.36. The molecular weight excluding hydrogens is 518 g/mol. The van der Waals surface area contributed by atoms with Crippen molar-refractivity contribution in [2.75, 3.05) is 10.0 Å². The summed E-state index contributed by atoms with van der Waals surface area (Å²) in [6, 6.07) is 20.2. The number of halogens is 2. The van der Waals surface area contributed by atoms with E-state index in [1.165, 1.54) is 12.3 Å². The maximum Gasteiger partial charge on any atom is 0.295 e. The fourth-order valence-corrected chi connectivity index (χ4v) is 5.28. The van der Waals surface area contributed by atoms with E-state index in [1.807, 2.05) is 47.9 Å². The molecule has 0 amide bonds. The largest absolute Gasteiger partial charge is 0.755 e. The average Bonchev–Trinajstić information content (AvgIpc) is 3.55. The van der Waals surface area contributed by atoms with Gasteiger partial charge in [0.1, 0.15) is 17.0 Å². The van der Waals surface area contributed by atoms with Crippen molar-refractivity contribution in [3.05, 3.63) is 113 Å². The predicted octanol–water partition coefficient (Wildman–Crippen LogP) is 5.73. The number of thioether (sulfide) groups is 1. The first-order valence-electron chi connectivity index (χ1n) is 11.2. The predicted molar refractivity (Wildman–Crippen MR) is 140 cm³/mol. The van der Waals surface area contributed by atoms with Crippen LogP contribution in [0.4, 0.5) is 20.5 Å². The van der Waals surface area contributed by atoms with Crippen molar-refractivity contribution >= 4 is 34.7 Å². The Morgan fingerprint density at radius 2 is 1.89 bits per heavy atom. The van der Waals surface area contributed by atoms with Gasteiger partial charge in [0.05, 0.1) is 17.8 Å². The zero-order valence-electron chi connectivity index (χ0n) is 19.2. The topological polar surface area (TPSA) is 102 Å². The molecule has 190 valence electrons. The molecule has 11 heteroatoms. The summed E-state index contributed by atoms with van der Waals surface area (Å²) in [4.78, 5) is 4.25. The fraction of sp³-hybridized carbons (Fsp3) is 0.115. The normalized spacial score (nSPS) is 16.5. The molecule has 0 spiro atoms. The van der Waals surface area contributed by atoms with Crippen LogP contribution in [0.2, 0.25) is 0 Å². The van der Waals surface area contributed by atoms with Gasteiger partial charge in [-0.25, -0.2) is 13.8 Å². The molecule has 0 fully saturated rings. The zero-order chi connectivity index (χ0) is 25.8. The molecular formula is C26H21F2N4O3S2-. The molecule has 37 heavy (non-hydrogen) atoms. The molecule has 0 radical (unpaired) electrons. The first kappa shape index (κ1) is 25.0. The van der Waals surface area contributed by atoms with Crippen molar-refractivity contribution in [3.8, 4) is 11.3 Å². The van der Waals surface area contributed by atoms with Crippen LogP contribution in [0, 0.1) is 11.6 Å². The number of benzene rings is 3. The van der Waals surface area contributed by atoms with Crippen molar-refractivity contribution in [1.82, 2.24) is 10.3 Å². The minimum atomic E-state index is -2.40. The average molecular weight is 540 g/mol. The molecule has 3 aromatic carbocycles. The van der Waals surface area contributed by atoms with Gasteiger partial charge in [-0.3, -0.25) is 4.21 Å². The van der Waals surface area contributed by atoms with Gasteiger partial charge in [-0.2, -0.15) is 0 Å². The lowest BCUT2D eigenvalue weighted by Gasteiger charge is -2.22. The van der Waals surface area contributed by atoms with E-state index in [2.05, 4.69) is 20.3 Å². The lowest BCUT2D eigenvalue weighted by Crippen LogP contribution is -2.31. The van der Waals surface area contributed by atoms with Crippen LogP contribution in [0.3, 0.4) is 0 Å². The van der Waals surface area contributed by atoms with E-state index >= 15 is 0 Å². The van der Waals surface area contributed by atoms with E-state index in [9.17, 15) is 17.5 Å². The highest BCUT2D eigenvalue weighted by atomic mass is 32.2. The second kappa shape index (κ2) is 11.2. The van der Waals surface area contributed by atoms with Crippen LogP contribution in [0.1, 0.15) is 16.5 Å². The molecule has 0 saturated heterocycles. The third-order valence-electron chi connectivity index (χ3n) is 5.70. The molecule has 5 rings (SSSR count). The number of hydrogen-bond donors (Lipinski definition) is 3. The summed E-state index contributed by atoms with van der Waals surface area (Å²) in [6.45, 7) is 0. The number of rotatable bonds is 9. The van der Waals surface area contributed by atoms with Crippen molar-refractivity contribution < 1.29 is 22.0 Å². The summed E-state index contributed by atoms with van der Waals surface area (Å²) in [6.07, 6.45) is 1.90. The van der Waals surface area contributed by atoms with Gasteiger partial charge < -0.3 is 24.3 Å².